The van der Waals surface area contributed by atoms with E-state index in [0.717, 1.165) is 17.3 Å². The average molecular weight is 340 g/mol. The van der Waals surface area contributed by atoms with Crippen molar-refractivity contribution in [2.75, 3.05) is 0 Å². The number of unbranched alkanes of at least 4 members (excludes halogenated alkanes) is 1. The van der Waals surface area contributed by atoms with E-state index in [1.165, 1.54) is 11.1 Å². The number of aliphatic carboxylic acids is 1. The number of carboxylic acid groups (broad SMARTS) is 1. The highest BCUT2D eigenvalue weighted by Crippen LogP contribution is 2.35. The van der Waals surface area contributed by atoms with Crippen molar-refractivity contribution in [3.63, 3.8) is 0 Å². The second-order valence-corrected chi connectivity index (χ2v) is 5.92. The van der Waals surface area contributed by atoms with Crippen molar-refractivity contribution >= 4 is 27.8 Å². The normalized spacial score (nSPS) is 16.8. The first-order valence-corrected chi connectivity index (χ1v) is 7.65. The predicted molar refractivity (Wildman–Crippen MR) is 79.5 cm³/mol. The quantitative estimate of drug-likeness (QED) is 0.782. The zero-order chi connectivity index (χ0) is 14.5. The lowest BCUT2D eigenvalue weighted by atomic mass is 10.1. The lowest BCUT2D eigenvalue weighted by molar-refractivity contribution is -0.137. The van der Waals surface area contributed by atoms with E-state index in [4.69, 9.17) is 5.11 Å². The summed E-state index contributed by atoms with van der Waals surface area (Å²) in [5, 5.41) is 11.6. The van der Waals surface area contributed by atoms with Gasteiger partial charge in [-0.05, 0) is 42.9 Å². The molecule has 0 bridgehead atoms. The highest BCUT2D eigenvalue weighted by atomic mass is 79.9. The van der Waals surface area contributed by atoms with Crippen LogP contribution in [0.5, 0.6) is 0 Å². The summed E-state index contributed by atoms with van der Waals surface area (Å²) in [7, 11) is 0. The van der Waals surface area contributed by atoms with Crippen LogP contribution in [0.15, 0.2) is 22.7 Å². The number of benzene rings is 1. The van der Waals surface area contributed by atoms with Gasteiger partial charge in [-0.25, -0.2) is 0 Å². The molecule has 4 nitrogen and oxygen atoms in total. The topological polar surface area (TPSA) is 66.4 Å². The highest BCUT2D eigenvalue weighted by Gasteiger charge is 2.24. The number of halogens is 1. The Morgan fingerprint density at radius 3 is 2.80 bits per heavy atom. The molecule has 1 aliphatic carbocycles. The number of amides is 1. The van der Waals surface area contributed by atoms with Gasteiger partial charge in [-0.3, -0.25) is 9.59 Å². The van der Waals surface area contributed by atoms with Gasteiger partial charge in [0.25, 0.3) is 0 Å². The van der Waals surface area contributed by atoms with Crippen LogP contribution < -0.4 is 5.32 Å². The molecule has 108 valence electrons. The van der Waals surface area contributed by atoms with Gasteiger partial charge in [0, 0.05) is 17.3 Å². The molecule has 0 saturated carbocycles. The Morgan fingerprint density at radius 2 is 2.05 bits per heavy atom. The first-order chi connectivity index (χ1) is 9.58. The third kappa shape index (κ3) is 3.82. The summed E-state index contributed by atoms with van der Waals surface area (Å²) in [5.74, 6) is -0.798. The van der Waals surface area contributed by atoms with Crippen LogP contribution in [0.3, 0.4) is 0 Å². The summed E-state index contributed by atoms with van der Waals surface area (Å²) in [6.45, 7) is 0. The molecule has 5 heteroatoms. The van der Waals surface area contributed by atoms with Gasteiger partial charge in [0.15, 0.2) is 0 Å². The largest absolute Gasteiger partial charge is 0.481 e. The first-order valence-electron chi connectivity index (χ1n) is 6.86. The lowest BCUT2D eigenvalue weighted by Crippen LogP contribution is -2.26. The van der Waals surface area contributed by atoms with E-state index in [-0.39, 0.29) is 18.4 Å². The molecule has 0 saturated heterocycles. The number of hydrogen-bond acceptors (Lipinski definition) is 2. The third-order valence-corrected chi connectivity index (χ3v) is 4.34. The summed E-state index contributed by atoms with van der Waals surface area (Å²) < 4.78 is 1.10. The zero-order valence-electron chi connectivity index (χ0n) is 11.2. The van der Waals surface area contributed by atoms with Crippen LogP contribution in [0.25, 0.3) is 0 Å². The Hall–Kier alpha value is -1.36. The van der Waals surface area contributed by atoms with E-state index in [0.29, 0.717) is 19.3 Å². The fraction of sp³-hybridized carbons (Fsp3) is 0.467. The zero-order valence-corrected chi connectivity index (χ0v) is 12.8. The second kappa shape index (κ2) is 6.88. The van der Waals surface area contributed by atoms with Gasteiger partial charge in [-0.1, -0.05) is 28.1 Å². The van der Waals surface area contributed by atoms with E-state index < -0.39 is 5.97 Å². The number of carbonyl (C=O) groups excluding carboxylic acids is 1. The molecule has 2 N–H and O–H groups in total. The van der Waals surface area contributed by atoms with E-state index in [1.807, 2.05) is 12.1 Å². The van der Waals surface area contributed by atoms with Crippen LogP contribution in [-0.2, 0) is 16.0 Å². The smallest absolute Gasteiger partial charge is 0.303 e. The predicted octanol–water partition coefficient (Wildman–Crippen LogP) is 3.20. The molecule has 0 radical (unpaired) electrons. The fourth-order valence-electron chi connectivity index (χ4n) is 2.59. The summed E-state index contributed by atoms with van der Waals surface area (Å²) in [6.07, 6.45) is 3.60. The number of nitrogens with one attached hydrogen (secondary N) is 1. The molecule has 1 atom stereocenters. The molecular formula is C15H18BrNO3. The van der Waals surface area contributed by atoms with Gasteiger partial charge in [0.1, 0.15) is 0 Å². The molecule has 1 aromatic rings. The molecule has 0 fully saturated rings. The number of fused-ring (bicyclic) bond motifs is 1. The maximum Gasteiger partial charge on any atom is 0.303 e. The van der Waals surface area contributed by atoms with Crippen LogP contribution in [0.2, 0.25) is 0 Å². The van der Waals surface area contributed by atoms with Gasteiger partial charge >= 0.3 is 5.97 Å². The van der Waals surface area contributed by atoms with Gasteiger partial charge in [-0.2, -0.15) is 0 Å². The van der Waals surface area contributed by atoms with Gasteiger partial charge < -0.3 is 10.4 Å². The summed E-state index contributed by atoms with van der Waals surface area (Å²) in [4.78, 5) is 22.3. The molecule has 2 rings (SSSR count). The van der Waals surface area contributed by atoms with Crippen LogP contribution in [-0.4, -0.2) is 17.0 Å². The van der Waals surface area contributed by atoms with E-state index in [9.17, 15) is 9.59 Å². The second-order valence-electron chi connectivity index (χ2n) is 5.07. The molecule has 0 aromatic heterocycles. The first kappa shape index (κ1) is 15.0. The standard InChI is InChI=1S/C15H18BrNO3/c16-12-5-3-4-11-10(12)8-9-13(11)17-14(18)6-1-2-7-15(19)20/h3-5,13H,1-2,6-9H2,(H,17,18)(H,19,20). The van der Waals surface area contributed by atoms with Crippen molar-refractivity contribution in [2.45, 2.75) is 44.6 Å². The molecular weight excluding hydrogens is 322 g/mol. The molecule has 20 heavy (non-hydrogen) atoms. The number of rotatable bonds is 6. The van der Waals surface area contributed by atoms with Gasteiger partial charge in [-0.15, -0.1) is 0 Å². The molecule has 0 heterocycles. The van der Waals surface area contributed by atoms with Crippen molar-refractivity contribution in [3.8, 4) is 0 Å². The monoisotopic (exact) mass is 339 g/mol. The van der Waals surface area contributed by atoms with Crippen molar-refractivity contribution in [3.05, 3.63) is 33.8 Å². The molecule has 0 spiro atoms. The van der Waals surface area contributed by atoms with Crippen molar-refractivity contribution in [1.82, 2.24) is 5.32 Å². The van der Waals surface area contributed by atoms with E-state index in [2.05, 4.69) is 27.3 Å². The minimum atomic E-state index is -0.806. The highest BCUT2D eigenvalue weighted by molar-refractivity contribution is 9.10. The average Bonchev–Trinajstić information content (AvgIpc) is 2.79. The minimum absolute atomic E-state index is 0.00761. The van der Waals surface area contributed by atoms with Crippen LogP contribution in [0, 0.1) is 0 Å². The molecule has 1 unspecified atom stereocenters. The number of hydrogen-bond donors (Lipinski definition) is 2. The minimum Gasteiger partial charge on any atom is -0.481 e. The number of carboxylic acids is 1. The van der Waals surface area contributed by atoms with Crippen molar-refractivity contribution < 1.29 is 14.7 Å². The maximum absolute atomic E-state index is 11.9. The van der Waals surface area contributed by atoms with Gasteiger partial charge in [0.2, 0.25) is 5.91 Å². The van der Waals surface area contributed by atoms with Gasteiger partial charge in [0.05, 0.1) is 6.04 Å². The Bertz CT molecular complexity index is 516. The van der Waals surface area contributed by atoms with Crippen LogP contribution in [0.4, 0.5) is 0 Å². The third-order valence-electron chi connectivity index (χ3n) is 3.59. The van der Waals surface area contributed by atoms with Crippen molar-refractivity contribution in [2.24, 2.45) is 0 Å². The Morgan fingerprint density at radius 1 is 1.30 bits per heavy atom. The Labute approximate surface area is 126 Å². The lowest BCUT2D eigenvalue weighted by Gasteiger charge is -2.14. The molecule has 1 aliphatic rings. The fourth-order valence-corrected chi connectivity index (χ4v) is 3.17. The summed E-state index contributed by atoms with van der Waals surface area (Å²) >= 11 is 3.54. The summed E-state index contributed by atoms with van der Waals surface area (Å²) in [5.41, 5.74) is 2.47. The molecule has 0 aliphatic heterocycles. The van der Waals surface area contributed by atoms with E-state index in [1.54, 1.807) is 0 Å². The SMILES string of the molecule is O=C(O)CCCCC(=O)NC1CCc2c(Br)cccc21. The maximum atomic E-state index is 11.9. The Kier molecular flexibility index (Phi) is 5.17. The van der Waals surface area contributed by atoms with Crippen LogP contribution >= 0.6 is 15.9 Å². The number of carbonyl (C=O) groups is 2. The van der Waals surface area contributed by atoms with Crippen molar-refractivity contribution in [1.29, 1.82) is 0 Å². The Balaban J connectivity index is 1.82. The van der Waals surface area contributed by atoms with Crippen LogP contribution in [0.1, 0.15) is 49.3 Å². The molecule has 1 amide bonds. The van der Waals surface area contributed by atoms with E-state index >= 15 is 0 Å². The summed E-state index contributed by atoms with van der Waals surface area (Å²) in [6, 6.07) is 6.16. The molecule has 1 aromatic carbocycles.